The first-order valence-corrected chi connectivity index (χ1v) is 5.60. The van der Waals surface area contributed by atoms with E-state index < -0.39 is 23.6 Å². The molecule has 1 N–H and O–H groups in total. The largest absolute Gasteiger partial charge is 0.481 e. The molecule has 1 unspecified atom stereocenters. The SMILES string of the molecule is CC(CC(=O)O)c1coc2c(C(F)(F)F)cccc12. The van der Waals surface area contributed by atoms with Crippen LogP contribution >= 0.6 is 0 Å². The van der Waals surface area contributed by atoms with Crippen molar-refractivity contribution in [3.63, 3.8) is 0 Å². The van der Waals surface area contributed by atoms with Gasteiger partial charge in [0.2, 0.25) is 0 Å². The second kappa shape index (κ2) is 4.60. The zero-order valence-electron chi connectivity index (χ0n) is 9.99. The highest BCUT2D eigenvalue weighted by Gasteiger charge is 2.34. The van der Waals surface area contributed by atoms with E-state index in [0.717, 1.165) is 6.07 Å². The third-order valence-corrected chi connectivity index (χ3v) is 2.95. The molecule has 0 radical (unpaired) electrons. The van der Waals surface area contributed by atoms with Crippen LogP contribution < -0.4 is 0 Å². The Hall–Kier alpha value is -1.98. The van der Waals surface area contributed by atoms with Crippen LogP contribution in [0, 0.1) is 0 Å². The first kappa shape index (κ1) is 13.5. The third-order valence-electron chi connectivity index (χ3n) is 2.95. The van der Waals surface area contributed by atoms with Gasteiger partial charge in [-0.1, -0.05) is 19.1 Å². The Kier molecular flexibility index (Phi) is 3.26. The summed E-state index contributed by atoms with van der Waals surface area (Å²) in [6.07, 6.45) is -3.46. The fourth-order valence-electron chi connectivity index (χ4n) is 2.05. The fourth-order valence-corrected chi connectivity index (χ4v) is 2.05. The molecule has 102 valence electrons. The van der Waals surface area contributed by atoms with Gasteiger partial charge in [-0.2, -0.15) is 13.2 Å². The molecular formula is C13H11F3O3. The Balaban J connectivity index is 2.53. The summed E-state index contributed by atoms with van der Waals surface area (Å²) in [5.74, 6) is -1.42. The van der Waals surface area contributed by atoms with Gasteiger partial charge in [-0.3, -0.25) is 4.79 Å². The van der Waals surface area contributed by atoms with Gasteiger partial charge in [0.15, 0.2) is 0 Å². The smallest absolute Gasteiger partial charge is 0.420 e. The van der Waals surface area contributed by atoms with Crippen LogP contribution in [0.15, 0.2) is 28.9 Å². The standard InChI is InChI=1S/C13H11F3O3/c1-7(5-11(17)18)9-6-19-12-8(9)3-2-4-10(12)13(14,15)16/h2-4,6-7H,5H2,1H3,(H,17,18). The summed E-state index contributed by atoms with van der Waals surface area (Å²) in [5.41, 5.74) is -0.621. The summed E-state index contributed by atoms with van der Waals surface area (Å²) in [5, 5.41) is 9.04. The lowest BCUT2D eigenvalue weighted by molar-refractivity contribution is -0.138. The zero-order chi connectivity index (χ0) is 14.2. The number of alkyl halides is 3. The van der Waals surface area contributed by atoms with Crippen LogP contribution in [0.25, 0.3) is 11.0 Å². The maximum absolute atomic E-state index is 12.8. The van der Waals surface area contributed by atoms with Crippen molar-refractivity contribution in [1.29, 1.82) is 0 Å². The molecule has 1 atom stereocenters. The van der Waals surface area contributed by atoms with Gasteiger partial charge >= 0.3 is 12.1 Å². The molecule has 19 heavy (non-hydrogen) atoms. The number of benzene rings is 1. The number of carbonyl (C=O) groups is 1. The quantitative estimate of drug-likeness (QED) is 0.917. The third kappa shape index (κ3) is 2.57. The van der Waals surface area contributed by atoms with Gasteiger partial charge in [-0.25, -0.2) is 0 Å². The lowest BCUT2D eigenvalue weighted by Crippen LogP contribution is -2.05. The van der Waals surface area contributed by atoms with E-state index in [4.69, 9.17) is 9.52 Å². The Morgan fingerprint density at radius 2 is 2.11 bits per heavy atom. The molecule has 0 saturated heterocycles. The first-order valence-electron chi connectivity index (χ1n) is 5.60. The van der Waals surface area contributed by atoms with E-state index in [2.05, 4.69) is 0 Å². The number of fused-ring (bicyclic) bond motifs is 1. The van der Waals surface area contributed by atoms with Crippen LogP contribution in [0.3, 0.4) is 0 Å². The molecule has 6 heteroatoms. The molecule has 0 bridgehead atoms. The van der Waals surface area contributed by atoms with Crippen molar-refractivity contribution in [3.8, 4) is 0 Å². The van der Waals surface area contributed by atoms with Crippen LogP contribution in [0.1, 0.15) is 30.4 Å². The Labute approximate surface area is 106 Å². The van der Waals surface area contributed by atoms with Gasteiger partial charge in [0.25, 0.3) is 0 Å². The van der Waals surface area contributed by atoms with E-state index in [0.29, 0.717) is 10.9 Å². The molecule has 1 heterocycles. The lowest BCUT2D eigenvalue weighted by Gasteiger charge is -2.08. The predicted octanol–water partition coefficient (Wildman–Crippen LogP) is 4.03. The van der Waals surface area contributed by atoms with Gasteiger partial charge < -0.3 is 9.52 Å². The summed E-state index contributed by atoms with van der Waals surface area (Å²) in [4.78, 5) is 10.7. The van der Waals surface area contributed by atoms with Crippen LogP contribution in [-0.4, -0.2) is 11.1 Å². The van der Waals surface area contributed by atoms with Gasteiger partial charge in [0, 0.05) is 10.9 Å². The Bertz CT molecular complexity index is 613. The summed E-state index contributed by atoms with van der Waals surface area (Å²) in [6, 6.07) is 3.73. The van der Waals surface area contributed by atoms with Crippen LogP contribution in [0.2, 0.25) is 0 Å². The zero-order valence-corrected chi connectivity index (χ0v) is 9.99. The van der Waals surface area contributed by atoms with Gasteiger partial charge in [0.05, 0.1) is 18.2 Å². The molecule has 0 spiro atoms. The van der Waals surface area contributed by atoms with E-state index in [1.54, 1.807) is 6.92 Å². The van der Waals surface area contributed by atoms with Crippen molar-refractivity contribution in [2.45, 2.75) is 25.4 Å². The first-order chi connectivity index (χ1) is 8.80. The number of rotatable bonds is 3. The maximum Gasteiger partial charge on any atom is 0.420 e. The second-order valence-corrected chi connectivity index (χ2v) is 4.37. The predicted molar refractivity (Wildman–Crippen MR) is 61.9 cm³/mol. The van der Waals surface area contributed by atoms with Crippen molar-refractivity contribution in [3.05, 3.63) is 35.6 Å². The monoisotopic (exact) mass is 272 g/mol. The molecule has 0 saturated carbocycles. The van der Waals surface area contributed by atoms with E-state index >= 15 is 0 Å². The van der Waals surface area contributed by atoms with Gasteiger partial charge in [-0.05, 0) is 12.0 Å². The van der Waals surface area contributed by atoms with Crippen LogP contribution in [0.4, 0.5) is 13.2 Å². The minimum Gasteiger partial charge on any atom is -0.481 e. The highest BCUT2D eigenvalue weighted by atomic mass is 19.4. The molecule has 1 aromatic heterocycles. The van der Waals surface area contributed by atoms with Crippen LogP contribution in [0.5, 0.6) is 0 Å². The molecule has 0 fully saturated rings. The van der Waals surface area contributed by atoms with Crippen molar-refractivity contribution in [2.24, 2.45) is 0 Å². The summed E-state index contributed by atoms with van der Waals surface area (Å²) in [7, 11) is 0. The number of halogens is 3. The number of carboxylic acid groups (broad SMARTS) is 1. The number of carboxylic acids is 1. The molecule has 2 aromatic rings. The van der Waals surface area contributed by atoms with Crippen molar-refractivity contribution in [2.75, 3.05) is 0 Å². The second-order valence-electron chi connectivity index (χ2n) is 4.37. The molecule has 0 amide bonds. The molecule has 0 aliphatic heterocycles. The normalized spacial score (nSPS) is 13.7. The minimum atomic E-state index is -4.50. The molecule has 3 nitrogen and oxygen atoms in total. The Morgan fingerprint density at radius 3 is 2.68 bits per heavy atom. The average molecular weight is 272 g/mol. The number of hydrogen-bond acceptors (Lipinski definition) is 2. The maximum atomic E-state index is 12.8. The minimum absolute atomic E-state index is 0.162. The number of para-hydroxylation sites is 1. The van der Waals surface area contributed by atoms with E-state index in [9.17, 15) is 18.0 Å². The highest BCUT2D eigenvalue weighted by Crippen LogP contribution is 2.38. The van der Waals surface area contributed by atoms with Crippen molar-refractivity contribution < 1.29 is 27.5 Å². The van der Waals surface area contributed by atoms with Gasteiger partial charge in [0.1, 0.15) is 5.58 Å². The lowest BCUT2D eigenvalue weighted by atomic mass is 9.96. The van der Waals surface area contributed by atoms with E-state index in [1.807, 2.05) is 0 Å². The van der Waals surface area contributed by atoms with E-state index in [1.165, 1.54) is 18.4 Å². The number of aliphatic carboxylic acids is 1. The number of hydrogen-bond donors (Lipinski definition) is 1. The molecular weight excluding hydrogens is 261 g/mol. The molecule has 2 rings (SSSR count). The average Bonchev–Trinajstić information content (AvgIpc) is 2.69. The van der Waals surface area contributed by atoms with Gasteiger partial charge in [-0.15, -0.1) is 0 Å². The summed E-state index contributed by atoms with van der Waals surface area (Å²) >= 11 is 0. The van der Waals surface area contributed by atoms with E-state index in [-0.39, 0.29) is 12.0 Å². The molecule has 0 aliphatic carbocycles. The molecule has 1 aromatic carbocycles. The Morgan fingerprint density at radius 1 is 1.42 bits per heavy atom. The molecule has 0 aliphatic rings. The highest BCUT2D eigenvalue weighted by molar-refractivity contribution is 5.85. The summed E-state index contributed by atoms with van der Waals surface area (Å²) < 4.78 is 43.3. The fraction of sp³-hybridized carbons (Fsp3) is 0.308. The number of furan rings is 1. The topological polar surface area (TPSA) is 50.4 Å². The van der Waals surface area contributed by atoms with Crippen LogP contribution in [-0.2, 0) is 11.0 Å². The van der Waals surface area contributed by atoms with Crippen molar-refractivity contribution in [1.82, 2.24) is 0 Å². The van der Waals surface area contributed by atoms with Crippen molar-refractivity contribution >= 4 is 16.9 Å². The summed E-state index contributed by atoms with van der Waals surface area (Å²) in [6.45, 7) is 1.64.